The molecule has 0 heterocycles. The number of nitrogen functional groups attached to an aromatic ring is 1. The number of Topliss-reactive ketones (excluding diaryl/α,β-unsaturated/α-hetero) is 1. The van der Waals surface area contributed by atoms with Crippen LogP contribution in [0.2, 0.25) is 0 Å². The number of carbonyl (C=O) groups excluding carboxylic acids is 2. The quantitative estimate of drug-likeness (QED) is 0.416. The molecule has 32 heavy (non-hydrogen) atoms. The number of carbonyl (C=O) groups is 2. The van der Waals surface area contributed by atoms with E-state index in [1.165, 1.54) is 19.3 Å². The largest absolute Gasteiger partial charge is 0.496 e. The smallest absolute Gasteiger partial charge is 0.227 e. The van der Waals surface area contributed by atoms with Crippen LogP contribution in [0.15, 0.2) is 36.4 Å². The monoisotopic (exact) mass is 438 g/mol. The molecule has 0 bridgehead atoms. The molecule has 0 atom stereocenters. The van der Waals surface area contributed by atoms with E-state index in [1.807, 2.05) is 50.2 Å². The van der Waals surface area contributed by atoms with E-state index in [2.05, 4.69) is 12.2 Å². The lowest BCUT2D eigenvalue weighted by Crippen LogP contribution is -2.27. The highest BCUT2D eigenvalue weighted by Crippen LogP contribution is 2.31. The Morgan fingerprint density at radius 3 is 2.31 bits per heavy atom. The molecular formula is C27H38N2O3. The minimum absolute atomic E-state index is 0.0825. The molecule has 3 N–H and O–H groups in total. The van der Waals surface area contributed by atoms with Gasteiger partial charge < -0.3 is 15.8 Å². The molecule has 0 saturated heterocycles. The van der Waals surface area contributed by atoms with Crippen molar-refractivity contribution in [2.45, 2.75) is 66.2 Å². The second-order valence-electron chi connectivity index (χ2n) is 8.58. The zero-order chi connectivity index (χ0) is 23.7. The first kappa shape index (κ1) is 25.4. The zero-order valence-electron chi connectivity index (χ0n) is 20.2. The molecule has 1 fully saturated rings. The van der Waals surface area contributed by atoms with Gasteiger partial charge in [0.25, 0.3) is 0 Å². The van der Waals surface area contributed by atoms with Gasteiger partial charge in [0, 0.05) is 28.9 Å². The molecule has 0 radical (unpaired) electrons. The fourth-order valence-corrected chi connectivity index (χ4v) is 4.30. The van der Waals surface area contributed by atoms with Gasteiger partial charge in [-0.2, -0.15) is 0 Å². The van der Waals surface area contributed by atoms with E-state index < -0.39 is 0 Å². The van der Waals surface area contributed by atoms with Gasteiger partial charge in [0.05, 0.1) is 7.11 Å². The summed E-state index contributed by atoms with van der Waals surface area (Å²) in [5.41, 5.74) is 10.0. The van der Waals surface area contributed by atoms with Crippen molar-refractivity contribution in [3.05, 3.63) is 53.1 Å². The van der Waals surface area contributed by atoms with Crippen molar-refractivity contribution in [3.63, 3.8) is 0 Å². The number of ether oxygens (including phenoxy) is 1. The van der Waals surface area contributed by atoms with E-state index in [0.29, 0.717) is 5.69 Å². The first-order valence-corrected chi connectivity index (χ1v) is 11.6. The molecule has 5 heteroatoms. The third-order valence-electron chi connectivity index (χ3n) is 6.42. The van der Waals surface area contributed by atoms with Gasteiger partial charge in [0.1, 0.15) is 5.75 Å². The summed E-state index contributed by atoms with van der Waals surface area (Å²) in [6.45, 7) is 7.80. The molecule has 1 aliphatic rings. The minimum atomic E-state index is 0.0825. The number of ketones is 1. The van der Waals surface area contributed by atoms with Crippen molar-refractivity contribution in [1.29, 1.82) is 0 Å². The predicted molar refractivity (Wildman–Crippen MR) is 132 cm³/mol. The Kier molecular flexibility index (Phi) is 9.76. The number of rotatable bonds is 6. The Hall–Kier alpha value is -2.82. The van der Waals surface area contributed by atoms with Crippen molar-refractivity contribution in [2.75, 3.05) is 18.2 Å². The molecule has 2 aromatic rings. The summed E-state index contributed by atoms with van der Waals surface area (Å²) in [6, 6.07) is 11.3. The fourth-order valence-electron chi connectivity index (χ4n) is 4.30. The molecule has 1 aliphatic carbocycles. The maximum Gasteiger partial charge on any atom is 0.227 e. The van der Waals surface area contributed by atoms with Crippen LogP contribution in [0.25, 0.3) is 0 Å². The number of aryl methyl sites for hydroxylation is 1. The molecule has 1 saturated carbocycles. The summed E-state index contributed by atoms with van der Waals surface area (Å²) < 4.78 is 5.29. The molecule has 0 unspecified atom stereocenters. The molecule has 2 aromatic carbocycles. The van der Waals surface area contributed by atoms with Crippen molar-refractivity contribution < 1.29 is 14.3 Å². The van der Waals surface area contributed by atoms with E-state index in [-0.39, 0.29) is 17.6 Å². The van der Waals surface area contributed by atoms with Crippen molar-refractivity contribution >= 4 is 23.1 Å². The third-order valence-corrected chi connectivity index (χ3v) is 6.42. The summed E-state index contributed by atoms with van der Waals surface area (Å²) in [7, 11) is 1.65. The average Bonchev–Trinajstić information content (AvgIpc) is 2.80. The number of amides is 1. The molecule has 3 rings (SSSR count). The van der Waals surface area contributed by atoms with E-state index >= 15 is 0 Å². The Morgan fingerprint density at radius 1 is 1.09 bits per heavy atom. The second-order valence-corrected chi connectivity index (χ2v) is 8.58. The van der Waals surface area contributed by atoms with Gasteiger partial charge in [-0.25, -0.2) is 0 Å². The van der Waals surface area contributed by atoms with Gasteiger partial charge >= 0.3 is 0 Å². The molecule has 0 spiro atoms. The molecule has 5 nitrogen and oxygen atoms in total. The number of nitrogens with one attached hydrogen (secondary N) is 1. The Balaban J connectivity index is 0.000000258. The summed E-state index contributed by atoms with van der Waals surface area (Å²) in [4.78, 5) is 23.4. The van der Waals surface area contributed by atoms with Crippen LogP contribution in [0.5, 0.6) is 5.75 Å². The number of anilines is 2. The van der Waals surface area contributed by atoms with Gasteiger partial charge in [-0.05, 0) is 75.1 Å². The maximum absolute atomic E-state index is 12.3. The van der Waals surface area contributed by atoms with Crippen molar-refractivity contribution in [2.24, 2.45) is 11.8 Å². The predicted octanol–water partition coefficient (Wildman–Crippen LogP) is 6.19. The number of hydrogen-bond donors (Lipinski definition) is 2. The second kappa shape index (κ2) is 12.3. The van der Waals surface area contributed by atoms with Gasteiger partial charge in [-0.15, -0.1) is 0 Å². The lowest BCUT2D eigenvalue weighted by atomic mass is 9.80. The fraction of sp³-hybridized carbons (Fsp3) is 0.481. The van der Waals surface area contributed by atoms with Gasteiger partial charge in [0.15, 0.2) is 5.78 Å². The summed E-state index contributed by atoms with van der Waals surface area (Å²) in [5.74, 6) is 2.05. The highest BCUT2D eigenvalue weighted by molar-refractivity contribution is 5.96. The standard InChI is InChI=1S/C17H25NO2.C10H13NO/c1-4-13-6-8-14(9-7-13)17(19)18-15-10-5-12(2)16(11-15)20-3;1-3-8-9(7(2)12)5-4-6-10(8)11/h5,10-11,13-14H,4,6-9H2,1-3H3,(H,18,19);4-6H,3,11H2,1-2H3. The van der Waals surface area contributed by atoms with Gasteiger partial charge in [0.2, 0.25) is 5.91 Å². The van der Waals surface area contributed by atoms with Crippen LogP contribution in [0, 0.1) is 18.8 Å². The van der Waals surface area contributed by atoms with E-state index in [9.17, 15) is 9.59 Å². The summed E-state index contributed by atoms with van der Waals surface area (Å²) in [6.07, 6.45) is 6.46. The number of hydrogen-bond acceptors (Lipinski definition) is 4. The Morgan fingerprint density at radius 2 is 1.78 bits per heavy atom. The van der Waals surface area contributed by atoms with E-state index in [1.54, 1.807) is 14.0 Å². The number of benzene rings is 2. The molecule has 1 amide bonds. The van der Waals surface area contributed by atoms with Crippen LogP contribution < -0.4 is 15.8 Å². The molecule has 0 aromatic heterocycles. The normalized spacial score (nSPS) is 17.7. The highest BCUT2D eigenvalue weighted by atomic mass is 16.5. The molecular weight excluding hydrogens is 400 g/mol. The van der Waals surface area contributed by atoms with E-state index in [4.69, 9.17) is 10.5 Å². The van der Waals surface area contributed by atoms with Crippen LogP contribution in [-0.4, -0.2) is 18.8 Å². The topological polar surface area (TPSA) is 81.4 Å². The summed E-state index contributed by atoms with van der Waals surface area (Å²) in [5, 5.41) is 3.03. The summed E-state index contributed by atoms with van der Waals surface area (Å²) >= 11 is 0. The van der Waals surface area contributed by atoms with Gasteiger partial charge in [-0.1, -0.05) is 38.5 Å². The first-order valence-electron chi connectivity index (χ1n) is 11.6. The van der Waals surface area contributed by atoms with Crippen LogP contribution in [0.4, 0.5) is 11.4 Å². The molecule has 0 aliphatic heterocycles. The minimum Gasteiger partial charge on any atom is -0.496 e. The van der Waals surface area contributed by atoms with E-state index in [0.717, 1.165) is 53.3 Å². The first-order chi connectivity index (χ1) is 15.3. The zero-order valence-corrected chi connectivity index (χ0v) is 20.2. The number of methoxy groups -OCH3 is 1. The third kappa shape index (κ3) is 6.84. The Bertz CT molecular complexity index is 915. The van der Waals surface area contributed by atoms with Crippen LogP contribution in [0.3, 0.4) is 0 Å². The lowest BCUT2D eigenvalue weighted by Gasteiger charge is -2.27. The van der Waals surface area contributed by atoms with Crippen LogP contribution >= 0.6 is 0 Å². The Labute approximate surface area is 192 Å². The number of nitrogens with two attached hydrogens (primary N) is 1. The lowest BCUT2D eigenvalue weighted by molar-refractivity contribution is -0.121. The van der Waals surface area contributed by atoms with Crippen molar-refractivity contribution in [3.8, 4) is 5.75 Å². The average molecular weight is 439 g/mol. The van der Waals surface area contributed by atoms with Gasteiger partial charge in [-0.3, -0.25) is 9.59 Å². The maximum atomic E-state index is 12.3. The SMILES string of the molecule is CCC1CCC(C(=O)Nc2ccc(C)c(OC)c2)CC1.CCc1c(N)cccc1C(C)=O. The highest BCUT2D eigenvalue weighted by Gasteiger charge is 2.25. The molecule has 174 valence electrons. The van der Waals surface area contributed by atoms with Crippen LogP contribution in [0.1, 0.15) is 74.4 Å². The van der Waals surface area contributed by atoms with Crippen LogP contribution in [-0.2, 0) is 11.2 Å². The van der Waals surface area contributed by atoms with Crippen molar-refractivity contribution in [1.82, 2.24) is 0 Å².